The van der Waals surface area contributed by atoms with Crippen molar-refractivity contribution in [2.75, 3.05) is 19.6 Å². The Morgan fingerprint density at radius 1 is 1.41 bits per heavy atom. The van der Waals surface area contributed by atoms with Gasteiger partial charge in [-0.25, -0.2) is 0 Å². The van der Waals surface area contributed by atoms with Gasteiger partial charge < -0.3 is 15.7 Å². The molecule has 92 valence electrons. The van der Waals surface area contributed by atoms with Crippen molar-refractivity contribution < 1.29 is 9.90 Å². The van der Waals surface area contributed by atoms with Crippen molar-refractivity contribution >= 4 is 5.91 Å². The van der Waals surface area contributed by atoms with Crippen LogP contribution in [0.25, 0.3) is 0 Å². The van der Waals surface area contributed by atoms with Crippen molar-refractivity contribution in [3.63, 3.8) is 0 Å². The molecule has 1 aliphatic rings. The second-order valence-corrected chi connectivity index (χ2v) is 4.47. The lowest BCUT2D eigenvalue weighted by atomic mass is 10.00. The Labute approximate surface area is 101 Å². The van der Waals surface area contributed by atoms with Crippen molar-refractivity contribution in [1.82, 2.24) is 10.6 Å². The molecule has 1 aromatic rings. The molecule has 0 bridgehead atoms. The number of benzene rings is 1. The number of phenols is 1. The van der Waals surface area contributed by atoms with Crippen LogP contribution >= 0.6 is 0 Å². The number of amides is 1. The molecule has 1 saturated heterocycles. The molecule has 2 rings (SSSR count). The van der Waals surface area contributed by atoms with Gasteiger partial charge in [-0.3, -0.25) is 4.79 Å². The highest BCUT2D eigenvalue weighted by Crippen LogP contribution is 2.11. The highest BCUT2D eigenvalue weighted by Gasteiger charge is 2.14. The Balaban J connectivity index is 1.82. The summed E-state index contributed by atoms with van der Waals surface area (Å²) in [6, 6.07) is 6.31. The number of aromatic hydroxyl groups is 1. The molecule has 0 radical (unpaired) electrons. The van der Waals surface area contributed by atoms with Gasteiger partial charge in [0.25, 0.3) is 5.91 Å². The van der Waals surface area contributed by atoms with Gasteiger partial charge in [-0.2, -0.15) is 0 Å². The fourth-order valence-corrected chi connectivity index (χ4v) is 2.05. The molecule has 1 atom stereocenters. The average molecular weight is 234 g/mol. The first-order chi connectivity index (χ1) is 8.25. The van der Waals surface area contributed by atoms with Gasteiger partial charge in [0.15, 0.2) is 0 Å². The summed E-state index contributed by atoms with van der Waals surface area (Å²) in [6.07, 6.45) is 2.35. The molecular weight excluding hydrogens is 216 g/mol. The Kier molecular flexibility index (Phi) is 3.98. The van der Waals surface area contributed by atoms with Crippen LogP contribution in [0.15, 0.2) is 24.3 Å². The Morgan fingerprint density at radius 3 is 2.82 bits per heavy atom. The van der Waals surface area contributed by atoms with Crippen molar-refractivity contribution in [2.24, 2.45) is 5.92 Å². The number of nitrogens with one attached hydrogen (secondary N) is 2. The molecular formula is C13H18N2O2. The van der Waals surface area contributed by atoms with E-state index in [1.165, 1.54) is 25.0 Å². The predicted molar refractivity (Wildman–Crippen MR) is 66.0 cm³/mol. The van der Waals surface area contributed by atoms with Gasteiger partial charge in [-0.05, 0) is 56.1 Å². The normalized spacial score (nSPS) is 19.9. The molecule has 17 heavy (non-hydrogen) atoms. The van der Waals surface area contributed by atoms with Gasteiger partial charge in [-0.15, -0.1) is 0 Å². The monoisotopic (exact) mass is 234 g/mol. The lowest BCUT2D eigenvalue weighted by molar-refractivity contribution is 0.0945. The average Bonchev–Trinajstić information content (AvgIpc) is 2.38. The highest BCUT2D eigenvalue weighted by molar-refractivity contribution is 5.94. The minimum atomic E-state index is -0.0735. The van der Waals surface area contributed by atoms with Crippen molar-refractivity contribution in [2.45, 2.75) is 12.8 Å². The summed E-state index contributed by atoms with van der Waals surface area (Å²) in [5, 5.41) is 15.4. The number of carbonyl (C=O) groups excluding carboxylic acids is 1. The molecule has 1 amide bonds. The van der Waals surface area contributed by atoms with Gasteiger partial charge in [0, 0.05) is 12.1 Å². The van der Waals surface area contributed by atoms with E-state index in [2.05, 4.69) is 10.6 Å². The maximum atomic E-state index is 11.8. The molecule has 0 unspecified atom stereocenters. The molecule has 1 aliphatic heterocycles. The van der Waals surface area contributed by atoms with E-state index in [1.807, 2.05) is 0 Å². The van der Waals surface area contributed by atoms with E-state index in [0.29, 0.717) is 18.0 Å². The Bertz CT molecular complexity index is 370. The summed E-state index contributed by atoms with van der Waals surface area (Å²) in [5.74, 6) is 0.637. The largest absolute Gasteiger partial charge is 0.508 e. The van der Waals surface area contributed by atoms with E-state index in [4.69, 9.17) is 5.11 Å². The van der Waals surface area contributed by atoms with Crippen LogP contribution in [0.5, 0.6) is 5.75 Å². The second kappa shape index (κ2) is 5.68. The molecule has 4 heteroatoms. The molecule has 0 spiro atoms. The molecule has 0 saturated carbocycles. The Hall–Kier alpha value is -1.55. The zero-order chi connectivity index (χ0) is 12.1. The number of carbonyl (C=O) groups is 1. The topological polar surface area (TPSA) is 61.4 Å². The first kappa shape index (κ1) is 11.9. The fourth-order valence-electron chi connectivity index (χ4n) is 2.05. The number of hydrogen-bond donors (Lipinski definition) is 3. The lowest BCUT2D eigenvalue weighted by Gasteiger charge is -2.22. The van der Waals surface area contributed by atoms with E-state index in [0.717, 1.165) is 13.1 Å². The third-order valence-corrected chi connectivity index (χ3v) is 3.08. The summed E-state index contributed by atoms with van der Waals surface area (Å²) >= 11 is 0. The minimum absolute atomic E-state index is 0.0735. The van der Waals surface area contributed by atoms with Crippen LogP contribution in [-0.4, -0.2) is 30.6 Å². The zero-order valence-corrected chi connectivity index (χ0v) is 9.78. The predicted octanol–water partition coefficient (Wildman–Crippen LogP) is 1.12. The molecule has 3 N–H and O–H groups in total. The van der Waals surface area contributed by atoms with Gasteiger partial charge in [0.1, 0.15) is 5.75 Å². The third-order valence-electron chi connectivity index (χ3n) is 3.08. The molecule has 0 aliphatic carbocycles. The first-order valence-corrected chi connectivity index (χ1v) is 6.03. The third kappa shape index (κ3) is 3.46. The first-order valence-electron chi connectivity index (χ1n) is 6.03. The quantitative estimate of drug-likeness (QED) is 0.734. The second-order valence-electron chi connectivity index (χ2n) is 4.47. The van der Waals surface area contributed by atoms with Crippen molar-refractivity contribution in [1.29, 1.82) is 0 Å². The van der Waals surface area contributed by atoms with Gasteiger partial charge in [0.2, 0.25) is 0 Å². The lowest BCUT2D eigenvalue weighted by Crippen LogP contribution is -2.38. The van der Waals surface area contributed by atoms with Crippen LogP contribution in [0.1, 0.15) is 23.2 Å². The van der Waals surface area contributed by atoms with Crippen LogP contribution in [0.4, 0.5) is 0 Å². The molecule has 1 aromatic carbocycles. The van der Waals surface area contributed by atoms with Gasteiger partial charge in [-0.1, -0.05) is 0 Å². The summed E-state index contributed by atoms with van der Waals surface area (Å²) < 4.78 is 0. The molecule has 4 nitrogen and oxygen atoms in total. The van der Waals surface area contributed by atoms with E-state index < -0.39 is 0 Å². The summed E-state index contributed by atoms with van der Waals surface area (Å²) in [6.45, 7) is 2.78. The molecule has 1 fully saturated rings. The smallest absolute Gasteiger partial charge is 0.251 e. The van der Waals surface area contributed by atoms with Crippen molar-refractivity contribution in [3.8, 4) is 5.75 Å². The number of rotatable bonds is 3. The minimum Gasteiger partial charge on any atom is -0.508 e. The van der Waals surface area contributed by atoms with Crippen LogP contribution in [-0.2, 0) is 0 Å². The number of piperidine rings is 1. The van der Waals surface area contributed by atoms with Crippen molar-refractivity contribution in [3.05, 3.63) is 29.8 Å². The number of phenolic OH excluding ortho intramolecular Hbond substituents is 1. The summed E-state index contributed by atoms with van der Waals surface area (Å²) in [5.41, 5.74) is 0.589. The van der Waals surface area contributed by atoms with Gasteiger partial charge in [0.05, 0.1) is 0 Å². The highest BCUT2D eigenvalue weighted by atomic mass is 16.3. The maximum Gasteiger partial charge on any atom is 0.251 e. The summed E-state index contributed by atoms with van der Waals surface area (Å²) in [7, 11) is 0. The standard InChI is InChI=1S/C13H18N2O2/c16-12-5-3-11(4-6-12)13(17)15-9-10-2-1-7-14-8-10/h3-6,10,14,16H,1-2,7-9H2,(H,15,17)/t10-/m0/s1. The van der Waals surface area contributed by atoms with E-state index in [9.17, 15) is 4.79 Å². The van der Waals surface area contributed by atoms with E-state index in [1.54, 1.807) is 12.1 Å². The molecule has 1 heterocycles. The maximum absolute atomic E-state index is 11.8. The fraction of sp³-hybridized carbons (Fsp3) is 0.462. The van der Waals surface area contributed by atoms with Gasteiger partial charge >= 0.3 is 0 Å². The van der Waals surface area contributed by atoms with Crippen LogP contribution < -0.4 is 10.6 Å². The summed E-state index contributed by atoms with van der Waals surface area (Å²) in [4.78, 5) is 11.8. The Morgan fingerprint density at radius 2 is 2.18 bits per heavy atom. The van der Waals surface area contributed by atoms with E-state index in [-0.39, 0.29) is 11.7 Å². The molecule has 0 aromatic heterocycles. The SMILES string of the molecule is O=C(NC[C@H]1CCCNC1)c1ccc(O)cc1. The van der Waals surface area contributed by atoms with Crippen LogP contribution in [0.3, 0.4) is 0 Å². The van der Waals surface area contributed by atoms with E-state index >= 15 is 0 Å². The zero-order valence-electron chi connectivity index (χ0n) is 9.78. The van der Waals surface area contributed by atoms with Crippen LogP contribution in [0.2, 0.25) is 0 Å². The van der Waals surface area contributed by atoms with Crippen LogP contribution in [0, 0.1) is 5.92 Å². The number of hydrogen-bond acceptors (Lipinski definition) is 3.